The molecule has 2 aromatic rings. The van der Waals surface area contributed by atoms with Gasteiger partial charge in [0.1, 0.15) is 33.4 Å². The van der Waals surface area contributed by atoms with Gasteiger partial charge in [-0.25, -0.2) is 21.2 Å². The maximum atomic E-state index is 14.0. The number of hydrogen-bond acceptors (Lipinski definition) is 8. The molecule has 0 aromatic heterocycles. The Morgan fingerprint density at radius 1 is 1.20 bits per heavy atom. The Hall–Kier alpha value is -2.48. The number of aliphatic hydroxyl groups excluding tert-OH is 1. The quantitative estimate of drug-likeness (QED) is 0.511. The lowest BCUT2D eigenvalue weighted by atomic mass is 10.1. The second-order valence-corrected chi connectivity index (χ2v) is 11.9. The normalized spacial score (nSPS) is 21.6. The van der Waals surface area contributed by atoms with Crippen molar-refractivity contribution in [2.75, 3.05) is 19.7 Å². The van der Waals surface area contributed by atoms with Crippen molar-refractivity contribution in [1.82, 2.24) is 4.31 Å². The van der Waals surface area contributed by atoms with Crippen LogP contribution in [0.2, 0.25) is 5.02 Å². The van der Waals surface area contributed by atoms with Gasteiger partial charge in [0.2, 0.25) is 10.0 Å². The first kappa shape index (κ1) is 27.1. The van der Waals surface area contributed by atoms with Crippen LogP contribution in [0.25, 0.3) is 0 Å². The molecule has 2 atom stereocenters. The first-order valence-electron chi connectivity index (χ1n) is 9.37. The summed E-state index contributed by atoms with van der Waals surface area (Å²) in [6.07, 6.45) is -5.07. The number of sulfonamides is 1. The molecule has 0 bridgehead atoms. The highest BCUT2D eigenvalue weighted by atomic mass is 35.5. The van der Waals surface area contributed by atoms with Crippen LogP contribution in [0.15, 0.2) is 46.2 Å². The molecule has 1 aliphatic heterocycles. The lowest BCUT2D eigenvalue weighted by molar-refractivity contribution is -0.274. The molecule has 0 radical (unpaired) electrons. The van der Waals surface area contributed by atoms with E-state index < -0.39 is 88.7 Å². The maximum absolute atomic E-state index is 14.0. The highest BCUT2D eigenvalue weighted by molar-refractivity contribution is 7.92. The molecule has 1 aliphatic rings. The lowest BCUT2D eigenvalue weighted by Gasteiger charge is -2.26. The Morgan fingerprint density at radius 3 is 2.37 bits per heavy atom. The molecular formula is C19H15ClF4N2O7S2. The summed E-state index contributed by atoms with van der Waals surface area (Å²) in [6, 6.07) is 5.77. The Labute approximate surface area is 201 Å². The highest BCUT2D eigenvalue weighted by Gasteiger charge is 2.55. The molecule has 0 amide bonds. The van der Waals surface area contributed by atoms with Crippen molar-refractivity contribution < 1.29 is 49.3 Å². The third-order valence-corrected chi connectivity index (χ3v) is 9.75. The molecule has 0 spiro atoms. The zero-order valence-electron chi connectivity index (χ0n) is 17.2. The summed E-state index contributed by atoms with van der Waals surface area (Å²) in [6.45, 7) is -3.03. The Balaban J connectivity index is 1.99. The Bertz CT molecular complexity index is 1410. The summed E-state index contributed by atoms with van der Waals surface area (Å²) in [5.41, 5.74) is -2.98. The highest BCUT2D eigenvalue weighted by Crippen LogP contribution is 2.37. The first-order valence-corrected chi connectivity index (χ1v) is 12.7. The smallest absolute Gasteiger partial charge is 0.406 e. The third kappa shape index (κ3) is 5.22. The van der Waals surface area contributed by atoms with Crippen LogP contribution in [0.5, 0.6) is 5.75 Å². The largest absolute Gasteiger partial charge is 0.573 e. The number of aliphatic hydroxyl groups is 2. The van der Waals surface area contributed by atoms with E-state index in [1.807, 2.05) is 0 Å². The van der Waals surface area contributed by atoms with Crippen LogP contribution >= 0.6 is 11.6 Å². The van der Waals surface area contributed by atoms with E-state index in [1.54, 1.807) is 0 Å². The molecule has 0 saturated carbocycles. The molecular weight excluding hydrogens is 544 g/mol. The minimum atomic E-state index is -5.07. The van der Waals surface area contributed by atoms with Crippen LogP contribution in [-0.4, -0.2) is 68.3 Å². The van der Waals surface area contributed by atoms with E-state index >= 15 is 0 Å². The van der Waals surface area contributed by atoms with E-state index in [0.29, 0.717) is 28.6 Å². The van der Waals surface area contributed by atoms with Gasteiger partial charge in [-0.3, -0.25) is 0 Å². The SMILES string of the molecule is N#Cc1ccc(S(=O)(=O)[C@H]2CN(S(=O)(=O)c3ccc(OC(F)(F)F)cc3Cl)C[C@]2(O)CO)cc1F. The van der Waals surface area contributed by atoms with Crippen molar-refractivity contribution in [2.24, 2.45) is 0 Å². The molecule has 3 rings (SSSR count). The first-order chi connectivity index (χ1) is 16.0. The van der Waals surface area contributed by atoms with Gasteiger partial charge in [-0.2, -0.15) is 9.57 Å². The second kappa shape index (κ2) is 9.19. The van der Waals surface area contributed by atoms with Gasteiger partial charge in [-0.15, -0.1) is 13.2 Å². The number of nitrogens with zero attached hydrogens (tertiary/aromatic N) is 2. The predicted molar refractivity (Wildman–Crippen MR) is 111 cm³/mol. The number of nitriles is 1. The lowest BCUT2D eigenvalue weighted by Crippen LogP contribution is -2.49. The van der Waals surface area contributed by atoms with E-state index in [4.69, 9.17) is 16.9 Å². The summed E-state index contributed by atoms with van der Waals surface area (Å²) in [5, 5.41) is 26.7. The molecule has 2 aromatic carbocycles. The number of sulfone groups is 1. The van der Waals surface area contributed by atoms with E-state index in [1.165, 1.54) is 6.07 Å². The van der Waals surface area contributed by atoms with Crippen LogP contribution in [0, 0.1) is 17.1 Å². The molecule has 16 heteroatoms. The summed E-state index contributed by atoms with van der Waals surface area (Å²) in [7, 11) is -9.36. The predicted octanol–water partition coefficient (Wildman–Crippen LogP) is 1.82. The van der Waals surface area contributed by atoms with E-state index in [2.05, 4.69) is 4.74 Å². The van der Waals surface area contributed by atoms with Gasteiger partial charge in [0.05, 0.1) is 22.1 Å². The minimum Gasteiger partial charge on any atom is -0.406 e. The number of β-amino-alcohol motifs (C(OH)–C–C–N with tert-alkyl or cyclic N) is 1. The van der Waals surface area contributed by atoms with Crippen LogP contribution in [0.1, 0.15) is 5.56 Å². The fourth-order valence-electron chi connectivity index (χ4n) is 3.50. The van der Waals surface area contributed by atoms with E-state index in [-0.39, 0.29) is 0 Å². The molecule has 0 unspecified atom stereocenters. The monoisotopic (exact) mass is 558 g/mol. The van der Waals surface area contributed by atoms with Gasteiger partial charge < -0.3 is 14.9 Å². The molecule has 9 nitrogen and oxygen atoms in total. The van der Waals surface area contributed by atoms with Gasteiger partial charge in [0.15, 0.2) is 9.84 Å². The van der Waals surface area contributed by atoms with Gasteiger partial charge in [0, 0.05) is 19.2 Å². The van der Waals surface area contributed by atoms with Gasteiger partial charge in [-0.1, -0.05) is 11.6 Å². The number of ether oxygens (including phenoxy) is 1. The topological polar surface area (TPSA) is 145 Å². The fraction of sp³-hybridized carbons (Fsp3) is 0.316. The molecule has 1 heterocycles. The van der Waals surface area contributed by atoms with Crippen molar-refractivity contribution >= 4 is 31.5 Å². The zero-order chi connectivity index (χ0) is 26.4. The molecule has 190 valence electrons. The van der Waals surface area contributed by atoms with Crippen LogP contribution in [0.3, 0.4) is 0 Å². The Morgan fingerprint density at radius 2 is 1.86 bits per heavy atom. The number of rotatable bonds is 6. The van der Waals surface area contributed by atoms with Gasteiger partial charge in [0.25, 0.3) is 0 Å². The number of halogens is 5. The standard InChI is InChI=1S/C19H15ClF4N2O7S2/c20-14-5-12(33-19(22,23)24)2-4-16(14)35(31,32)26-8-17(18(28,9-26)10-27)34(29,30)13-3-1-11(7-25)15(21)6-13/h1-6,17,27-28H,8-10H2/t17-,18-/m0/s1. The van der Waals surface area contributed by atoms with Crippen molar-refractivity contribution in [3.8, 4) is 11.8 Å². The number of alkyl halides is 3. The van der Waals surface area contributed by atoms with Gasteiger partial charge in [-0.05, 0) is 30.3 Å². The van der Waals surface area contributed by atoms with Crippen LogP contribution < -0.4 is 4.74 Å². The second-order valence-electron chi connectivity index (χ2n) is 7.49. The summed E-state index contributed by atoms with van der Waals surface area (Å²) >= 11 is 5.84. The molecule has 35 heavy (non-hydrogen) atoms. The number of benzene rings is 2. The fourth-order valence-corrected chi connectivity index (χ4v) is 7.58. The molecule has 0 aliphatic carbocycles. The average Bonchev–Trinajstić information content (AvgIpc) is 3.12. The molecule has 2 N–H and O–H groups in total. The van der Waals surface area contributed by atoms with Crippen molar-refractivity contribution in [2.45, 2.75) is 27.0 Å². The summed E-state index contributed by atoms with van der Waals surface area (Å²) < 4.78 is 108. The molecule has 1 fully saturated rings. The average molecular weight is 559 g/mol. The van der Waals surface area contributed by atoms with Crippen LogP contribution in [-0.2, 0) is 19.9 Å². The van der Waals surface area contributed by atoms with E-state index in [0.717, 1.165) is 12.1 Å². The maximum Gasteiger partial charge on any atom is 0.573 e. The minimum absolute atomic E-state index is 0.454. The van der Waals surface area contributed by atoms with Crippen LogP contribution in [0.4, 0.5) is 17.6 Å². The summed E-state index contributed by atoms with van der Waals surface area (Å²) in [4.78, 5) is -1.38. The Kier molecular flexibility index (Phi) is 7.12. The molecule has 1 saturated heterocycles. The van der Waals surface area contributed by atoms with E-state index in [9.17, 15) is 44.6 Å². The van der Waals surface area contributed by atoms with Crippen molar-refractivity contribution in [3.05, 3.63) is 52.8 Å². The summed E-state index contributed by atoms with van der Waals surface area (Å²) in [5.74, 6) is -1.98. The van der Waals surface area contributed by atoms with Gasteiger partial charge >= 0.3 is 6.36 Å². The number of hydrogen-bond donors (Lipinski definition) is 2. The van der Waals surface area contributed by atoms with Crippen molar-refractivity contribution in [3.63, 3.8) is 0 Å². The zero-order valence-corrected chi connectivity index (χ0v) is 19.6. The van der Waals surface area contributed by atoms with Crippen molar-refractivity contribution in [1.29, 1.82) is 5.26 Å². The third-order valence-electron chi connectivity index (χ3n) is 5.21.